The quantitative estimate of drug-likeness (QED) is 0.557. The van der Waals surface area contributed by atoms with Crippen LogP contribution in [0.2, 0.25) is 0 Å². The number of ether oxygens (including phenoxy) is 1. The largest absolute Gasteiger partial charge is 0.416 e. The summed E-state index contributed by atoms with van der Waals surface area (Å²) < 4.78 is 44.5. The summed E-state index contributed by atoms with van der Waals surface area (Å²) in [7, 11) is 1.80. The molecule has 9 heteroatoms. The average Bonchev–Trinajstić information content (AvgIpc) is 2.75. The van der Waals surface area contributed by atoms with Gasteiger partial charge >= 0.3 is 6.18 Å². The van der Waals surface area contributed by atoms with E-state index in [0.29, 0.717) is 12.1 Å². The van der Waals surface area contributed by atoms with E-state index >= 15 is 0 Å². The van der Waals surface area contributed by atoms with E-state index in [-0.39, 0.29) is 4.75 Å². The fourth-order valence-corrected chi connectivity index (χ4v) is 4.78. The summed E-state index contributed by atoms with van der Waals surface area (Å²) in [5.41, 5.74) is 0.112. The van der Waals surface area contributed by atoms with Gasteiger partial charge in [0.25, 0.3) is 0 Å². The van der Waals surface area contributed by atoms with Crippen LogP contribution in [0.4, 0.5) is 13.2 Å². The van der Waals surface area contributed by atoms with E-state index in [1.807, 2.05) is 11.8 Å². The molecule has 2 aliphatic rings. The molecule has 0 atom stereocenters. The topological polar surface area (TPSA) is 40.1 Å². The molecule has 0 spiro atoms. The minimum absolute atomic E-state index is 0.180. The maximum atomic E-state index is 12.9. The van der Waals surface area contributed by atoms with Crippen molar-refractivity contribution in [3.8, 4) is 0 Å². The second-order valence-electron chi connectivity index (χ2n) is 7.86. The monoisotopic (exact) mass is 444 g/mol. The Morgan fingerprint density at radius 1 is 1.20 bits per heavy atom. The van der Waals surface area contributed by atoms with E-state index in [4.69, 9.17) is 4.74 Å². The van der Waals surface area contributed by atoms with Crippen molar-refractivity contribution in [1.82, 2.24) is 15.1 Å². The van der Waals surface area contributed by atoms with E-state index in [1.165, 1.54) is 12.1 Å². The van der Waals surface area contributed by atoms with Crippen molar-refractivity contribution in [2.24, 2.45) is 4.99 Å². The Morgan fingerprint density at radius 3 is 2.50 bits per heavy atom. The van der Waals surface area contributed by atoms with E-state index in [1.54, 1.807) is 13.1 Å². The van der Waals surface area contributed by atoms with E-state index in [9.17, 15) is 13.2 Å². The number of piperazine rings is 1. The van der Waals surface area contributed by atoms with Crippen molar-refractivity contribution in [3.05, 3.63) is 35.4 Å². The van der Waals surface area contributed by atoms with Gasteiger partial charge in [0.05, 0.1) is 5.56 Å². The van der Waals surface area contributed by atoms with Gasteiger partial charge in [-0.2, -0.15) is 24.9 Å². The van der Waals surface area contributed by atoms with Crippen molar-refractivity contribution in [2.75, 3.05) is 59.2 Å². The van der Waals surface area contributed by atoms with Crippen LogP contribution in [-0.4, -0.2) is 79.7 Å². The first-order valence-corrected chi connectivity index (χ1v) is 11.5. The lowest BCUT2D eigenvalue weighted by Gasteiger charge is -2.39. The first kappa shape index (κ1) is 23.2. The molecule has 0 radical (unpaired) electrons. The van der Waals surface area contributed by atoms with E-state index in [0.717, 1.165) is 70.8 Å². The fourth-order valence-electron chi connectivity index (χ4n) is 3.99. The molecule has 0 aromatic heterocycles. The second kappa shape index (κ2) is 10.2. The molecular formula is C21H31F3N4OS. The Kier molecular flexibility index (Phi) is 7.92. The maximum absolute atomic E-state index is 12.9. The second-order valence-corrected chi connectivity index (χ2v) is 9.14. The molecule has 2 fully saturated rings. The fraction of sp³-hybridized carbons (Fsp3) is 0.667. The molecule has 30 heavy (non-hydrogen) atoms. The number of rotatable bonds is 5. The number of hydrogen-bond acceptors (Lipinski definition) is 4. The van der Waals surface area contributed by atoms with Crippen LogP contribution < -0.4 is 5.32 Å². The zero-order valence-corrected chi connectivity index (χ0v) is 18.5. The van der Waals surface area contributed by atoms with Gasteiger partial charge in [-0.15, -0.1) is 0 Å². The lowest BCUT2D eigenvalue weighted by Crippen LogP contribution is -2.54. The summed E-state index contributed by atoms with van der Waals surface area (Å²) in [5, 5.41) is 3.55. The lowest BCUT2D eigenvalue weighted by atomic mass is 9.99. The zero-order chi connectivity index (χ0) is 21.6. The van der Waals surface area contributed by atoms with Gasteiger partial charge in [-0.05, 0) is 30.7 Å². The van der Waals surface area contributed by atoms with Crippen LogP contribution in [0.15, 0.2) is 29.3 Å². The first-order chi connectivity index (χ1) is 14.3. The number of thioether (sulfide) groups is 1. The summed E-state index contributed by atoms with van der Waals surface area (Å²) in [6.07, 6.45) is -0.0837. The van der Waals surface area contributed by atoms with Crippen molar-refractivity contribution in [1.29, 1.82) is 0 Å². The highest BCUT2D eigenvalue weighted by Crippen LogP contribution is 2.33. The van der Waals surface area contributed by atoms with Crippen LogP contribution in [0.25, 0.3) is 0 Å². The summed E-state index contributed by atoms with van der Waals surface area (Å²) in [5.74, 6) is 0.897. The molecular weight excluding hydrogens is 413 g/mol. The van der Waals surface area contributed by atoms with Gasteiger partial charge in [0, 0.05) is 64.3 Å². The van der Waals surface area contributed by atoms with Crippen molar-refractivity contribution < 1.29 is 17.9 Å². The van der Waals surface area contributed by atoms with Crippen LogP contribution >= 0.6 is 11.8 Å². The van der Waals surface area contributed by atoms with Gasteiger partial charge in [-0.25, -0.2) is 0 Å². The number of alkyl halides is 3. The molecule has 3 rings (SSSR count). The van der Waals surface area contributed by atoms with Gasteiger partial charge in [-0.3, -0.25) is 9.89 Å². The minimum atomic E-state index is -4.30. The van der Waals surface area contributed by atoms with Crippen LogP contribution in [0.3, 0.4) is 0 Å². The number of aliphatic imine (C=N–C) groups is 1. The Hall–Kier alpha value is -1.45. The number of nitrogens with one attached hydrogen (secondary N) is 1. The molecule has 1 N–H and O–H groups in total. The smallest absolute Gasteiger partial charge is 0.381 e. The standard InChI is InChI=1S/C21H31F3N4OS/c1-25-19(26-16-20(30-2)6-12-29-13-7-20)28-10-8-27(9-11-28)15-17-4-3-5-18(14-17)21(22,23)24/h3-5,14H,6-13,15-16H2,1-2H3,(H,25,26). The molecule has 1 aromatic carbocycles. The summed E-state index contributed by atoms with van der Waals surface area (Å²) in [4.78, 5) is 8.88. The minimum Gasteiger partial charge on any atom is -0.381 e. The molecule has 5 nitrogen and oxygen atoms in total. The molecule has 0 saturated carbocycles. The molecule has 0 amide bonds. The number of benzene rings is 1. The van der Waals surface area contributed by atoms with Crippen LogP contribution in [0.1, 0.15) is 24.0 Å². The van der Waals surface area contributed by atoms with Crippen molar-refractivity contribution in [3.63, 3.8) is 0 Å². The Bertz CT molecular complexity index is 714. The maximum Gasteiger partial charge on any atom is 0.416 e. The molecule has 2 aliphatic heterocycles. The first-order valence-electron chi connectivity index (χ1n) is 10.3. The van der Waals surface area contributed by atoms with Gasteiger partial charge in [-0.1, -0.05) is 18.2 Å². The van der Waals surface area contributed by atoms with Crippen LogP contribution in [0, 0.1) is 0 Å². The number of nitrogens with zero attached hydrogens (tertiary/aromatic N) is 3. The van der Waals surface area contributed by atoms with Gasteiger partial charge in [0.2, 0.25) is 0 Å². The Balaban J connectivity index is 1.50. The van der Waals surface area contributed by atoms with Gasteiger partial charge in [0.1, 0.15) is 0 Å². The van der Waals surface area contributed by atoms with Gasteiger partial charge in [0.15, 0.2) is 5.96 Å². The van der Waals surface area contributed by atoms with E-state index < -0.39 is 11.7 Å². The summed E-state index contributed by atoms with van der Waals surface area (Å²) in [6.45, 7) is 6.16. The summed E-state index contributed by atoms with van der Waals surface area (Å²) in [6, 6.07) is 5.62. The molecule has 168 valence electrons. The predicted octanol–water partition coefficient (Wildman–Crippen LogP) is 3.31. The highest BCUT2D eigenvalue weighted by Gasteiger charge is 2.33. The highest BCUT2D eigenvalue weighted by molar-refractivity contribution is 8.00. The molecule has 0 aliphatic carbocycles. The van der Waals surface area contributed by atoms with E-state index in [2.05, 4.69) is 26.4 Å². The third-order valence-electron chi connectivity index (χ3n) is 5.95. The van der Waals surface area contributed by atoms with Crippen molar-refractivity contribution in [2.45, 2.75) is 30.3 Å². The number of hydrogen-bond donors (Lipinski definition) is 1. The Labute approximate surface area is 181 Å². The van der Waals surface area contributed by atoms with Crippen molar-refractivity contribution >= 4 is 17.7 Å². The third kappa shape index (κ3) is 6.04. The molecule has 0 bridgehead atoms. The molecule has 0 unspecified atom stereocenters. The highest BCUT2D eigenvalue weighted by atomic mass is 32.2. The normalized spacial score (nSPS) is 21.0. The zero-order valence-electron chi connectivity index (χ0n) is 17.7. The average molecular weight is 445 g/mol. The number of guanidine groups is 1. The SMILES string of the molecule is CN=C(NCC1(SC)CCOCC1)N1CCN(Cc2cccc(C(F)(F)F)c2)CC1. The lowest BCUT2D eigenvalue weighted by molar-refractivity contribution is -0.137. The Morgan fingerprint density at radius 2 is 1.90 bits per heavy atom. The third-order valence-corrected chi connectivity index (χ3v) is 7.37. The van der Waals surface area contributed by atoms with Gasteiger partial charge < -0.3 is 15.0 Å². The molecule has 2 heterocycles. The molecule has 2 saturated heterocycles. The van der Waals surface area contributed by atoms with Crippen LogP contribution in [-0.2, 0) is 17.5 Å². The summed E-state index contributed by atoms with van der Waals surface area (Å²) >= 11 is 1.89. The predicted molar refractivity (Wildman–Crippen MR) is 116 cm³/mol. The van der Waals surface area contributed by atoms with Crippen LogP contribution in [0.5, 0.6) is 0 Å². The number of halogens is 3. The molecule has 1 aromatic rings.